The molecule has 3 rings (SSSR count). The molecule has 0 aliphatic carbocycles. The Morgan fingerprint density at radius 3 is 2.79 bits per heavy atom. The number of benzene rings is 1. The summed E-state index contributed by atoms with van der Waals surface area (Å²) in [7, 11) is 0. The molecule has 2 heterocycles. The van der Waals surface area contributed by atoms with Gasteiger partial charge in [-0.15, -0.1) is 11.8 Å². The number of rotatable bonds is 3. The lowest BCUT2D eigenvalue weighted by molar-refractivity contribution is -0.140. The number of hydrogen-bond acceptors (Lipinski definition) is 3. The number of hydrogen-bond donors (Lipinski definition) is 0. The summed E-state index contributed by atoms with van der Waals surface area (Å²) in [5.41, 5.74) is 0.340. The molecular formula is C17H18BrFN2O2S. The van der Waals surface area contributed by atoms with Crippen LogP contribution in [0.1, 0.15) is 18.4 Å². The largest absolute Gasteiger partial charge is 0.341 e. The minimum absolute atomic E-state index is 0.0351. The molecule has 0 saturated carbocycles. The Kier molecular flexibility index (Phi) is 5.61. The van der Waals surface area contributed by atoms with Crippen molar-refractivity contribution >= 4 is 45.6 Å². The standard InChI is InChI=1S/C17H18BrFN2O2S/c18-13-4-5-14(19)12(9-13)3-6-16(22)21-11-24-10-15(21)17(23)20-7-1-2-8-20/h3-6,9,15H,1-2,7-8,10-11H2/b6-3+. The average Bonchev–Trinajstić information content (AvgIpc) is 3.26. The Bertz CT molecular complexity index is 677. The molecule has 2 amide bonds. The van der Waals surface area contributed by atoms with Crippen molar-refractivity contribution in [1.82, 2.24) is 9.80 Å². The van der Waals surface area contributed by atoms with Crippen LogP contribution in [0.25, 0.3) is 6.08 Å². The van der Waals surface area contributed by atoms with Gasteiger partial charge in [0.25, 0.3) is 0 Å². The molecular weight excluding hydrogens is 395 g/mol. The van der Waals surface area contributed by atoms with Crippen LogP contribution >= 0.6 is 27.7 Å². The first-order chi connectivity index (χ1) is 11.6. The van der Waals surface area contributed by atoms with Crippen molar-refractivity contribution in [1.29, 1.82) is 0 Å². The lowest BCUT2D eigenvalue weighted by atomic mass is 10.2. The van der Waals surface area contributed by atoms with Crippen molar-refractivity contribution in [3.63, 3.8) is 0 Å². The second kappa shape index (κ2) is 7.70. The molecule has 0 spiro atoms. The molecule has 24 heavy (non-hydrogen) atoms. The van der Waals surface area contributed by atoms with E-state index in [1.54, 1.807) is 28.8 Å². The molecule has 0 N–H and O–H groups in total. The first-order valence-corrected chi connectivity index (χ1v) is 9.81. The fraction of sp³-hybridized carbons (Fsp3) is 0.412. The van der Waals surface area contributed by atoms with Gasteiger partial charge in [0.15, 0.2) is 0 Å². The lowest BCUT2D eigenvalue weighted by Crippen LogP contribution is -2.47. The fourth-order valence-corrected chi connectivity index (χ4v) is 4.45. The van der Waals surface area contributed by atoms with E-state index in [4.69, 9.17) is 0 Å². The SMILES string of the molecule is O=C(C1CSCN1C(=O)/C=C/c1cc(Br)ccc1F)N1CCCC1. The van der Waals surface area contributed by atoms with E-state index in [9.17, 15) is 14.0 Å². The molecule has 2 aliphatic heterocycles. The van der Waals surface area contributed by atoms with Gasteiger partial charge < -0.3 is 9.80 Å². The van der Waals surface area contributed by atoms with E-state index in [1.165, 1.54) is 18.2 Å². The molecule has 1 atom stereocenters. The topological polar surface area (TPSA) is 40.6 Å². The van der Waals surface area contributed by atoms with Crippen LogP contribution in [0, 0.1) is 5.82 Å². The van der Waals surface area contributed by atoms with Gasteiger partial charge in [-0.25, -0.2) is 4.39 Å². The molecule has 1 unspecified atom stereocenters. The van der Waals surface area contributed by atoms with E-state index >= 15 is 0 Å². The lowest BCUT2D eigenvalue weighted by Gasteiger charge is -2.26. The Labute approximate surface area is 153 Å². The Balaban J connectivity index is 1.70. The van der Waals surface area contributed by atoms with E-state index in [-0.39, 0.29) is 17.6 Å². The summed E-state index contributed by atoms with van der Waals surface area (Å²) in [6, 6.07) is 4.17. The Morgan fingerprint density at radius 1 is 1.29 bits per heavy atom. The van der Waals surface area contributed by atoms with Crippen LogP contribution in [0.2, 0.25) is 0 Å². The predicted molar refractivity (Wildman–Crippen MR) is 96.9 cm³/mol. The zero-order valence-corrected chi connectivity index (χ0v) is 15.5. The third-order valence-electron chi connectivity index (χ3n) is 4.23. The van der Waals surface area contributed by atoms with Crippen LogP contribution in [-0.2, 0) is 9.59 Å². The smallest absolute Gasteiger partial charge is 0.247 e. The van der Waals surface area contributed by atoms with Gasteiger partial charge in [0.05, 0.1) is 5.88 Å². The van der Waals surface area contributed by atoms with Gasteiger partial charge >= 0.3 is 0 Å². The third kappa shape index (κ3) is 3.83. The van der Waals surface area contributed by atoms with Gasteiger partial charge in [0.2, 0.25) is 11.8 Å². The highest BCUT2D eigenvalue weighted by Gasteiger charge is 2.36. The van der Waals surface area contributed by atoms with Crippen molar-refractivity contribution in [2.45, 2.75) is 18.9 Å². The van der Waals surface area contributed by atoms with Crippen LogP contribution < -0.4 is 0 Å². The van der Waals surface area contributed by atoms with Crippen LogP contribution in [0.4, 0.5) is 4.39 Å². The summed E-state index contributed by atoms with van der Waals surface area (Å²) < 4.78 is 14.5. The summed E-state index contributed by atoms with van der Waals surface area (Å²) >= 11 is 4.86. The first kappa shape index (κ1) is 17.5. The van der Waals surface area contributed by atoms with Crippen molar-refractivity contribution in [2.75, 3.05) is 24.7 Å². The Hall–Kier alpha value is -1.34. The zero-order chi connectivity index (χ0) is 17.1. The molecule has 0 bridgehead atoms. The summed E-state index contributed by atoms with van der Waals surface area (Å²) in [6.45, 7) is 1.56. The molecule has 128 valence electrons. The molecule has 4 nitrogen and oxygen atoms in total. The fourth-order valence-electron chi connectivity index (χ4n) is 2.91. The zero-order valence-electron chi connectivity index (χ0n) is 13.1. The van der Waals surface area contributed by atoms with Crippen molar-refractivity contribution in [3.05, 3.63) is 40.1 Å². The normalized spacial score (nSPS) is 21.0. The van der Waals surface area contributed by atoms with Crippen LogP contribution in [0.5, 0.6) is 0 Å². The predicted octanol–water partition coefficient (Wildman–Crippen LogP) is 3.13. The molecule has 7 heteroatoms. The third-order valence-corrected chi connectivity index (χ3v) is 5.74. The van der Waals surface area contributed by atoms with Crippen molar-refractivity contribution < 1.29 is 14.0 Å². The number of likely N-dealkylation sites (tertiary alicyclic amines) is 1. The van der Waals surface area contributed by atoms with Crippen molar-refractivity contribution in [3.8, 4) is 0 Å². The van der Waals surface area contributed by atoms with E-state index in [1.807, 2.05) is 4.90 Å². The molecule has 2 fully saturated rings. The highest BCUT2D eigenvalue weighted by molar-refractivity contribution is 9.10. The molecule has 0 aromatic heterocycles. The second-order valence-electron chi connectivity index (χ2n) is 5.86. The minimum atomic E-state index is -0.405. The van der Waals surface area contributed by atoms with Crippen LogP contribution in [-0.4, -0.2) is 52.4 Å². The molecule has 1 aromatic carbocycles. The molecule has 2 aliphatic rings. The van der Waals surface area contributed by atoms with E-state index < -0.39 is 6.04 Å². The minimum Gasteiger partial charge on any atom is -0.341 e. The van der Waals surface area contributed by atoms with E-state index in [0.717, 1.165) is 30.4 Å². The van der Waals surface area contributed by atoms with Crippen LogP contribution in [0.15, 0.2) is 28.7 Å². The second-order valence-corrected chi connectivity index (χ2v) is 7.77. The van der Waals surface area contributed by atoms with Crippen LogP contribution in [0.3, 0.4) is 0 Å². The van der Waals surface area contributed by atoms with Crippen molar-refractivity contribution in [2.24, 2.45) is 0 Å². The monoisotopic (exact) mass is 412 g/mol. The highest BCUT2D eigenvalue weighted by atomic mass is 79.9. The maximum Gasteiger partial charge on any atom is 0.247 e. The summed E-state index contributed by atoms with van der Waals surface area (Å²) in [5, 5.41) is 0. The maximum absolute atomic E-state index is 13.7. The molecule has 1 aromatic rings. The van der Waals surface area contributed by atoms with Gasteiger partial charge in [0.1, 0.15) is 11.9 Å². The van der Waals surface area contributed by atoms with Gasteiger partial charge in [0, 0.05) is 35.0 Å². The number of carbonyl (C=O) groups excluding carboxylic acids is 2. The average molecular weight is 413 g/mol. The quantitative estimate of drug-likeness (QED) is 0.716. The summed E-state index contributed by atoms with van der Waals surface area (Å²) in [4.78, 5) is 28.5. The van der Waals surface area contributed by atoms with Gasteiger partial charge in [-0.2, -0.15) is 0 Å². The van der Waals surface area contributed by atoms with E-state index in [0.29, 0.717) is 17.2 Å². The Morgan fingerprint density at radius 2 is 2.04 bits per heavy atom. The van der Waals surface area contributed by atoms with Gasteiger partial charge in [-0.1, -0.05) is 15.9 Å². The van der Waals surface area contributed by atoms with E-state index in [2.05, 4.69) is 15.9 Å². The maximum atomic E-state index is 13.7. The number of nitrogens with zero attached hydrogens (tertiary/aromatic N) is 2. The molecule has 0 radical (unpaired) electrons. The van der Waals surface area contributed by atoms with Gasteiger partial charge in [-0.05, 0) is 37.1 Å². The highest BCUT2D eigenvalue weighted by Crippen LogP contribution is 2.25. The number of halogens is 2. The first-order valence-electron chi connectivity index (χ1n) is 7.86. The summed E-state index contributed by atoms with van der Waals surface area (Å²) in [6.07, 6.45) is 4.87. The summed E-state index contributed by atoms with van der Waals surface area (Å²) in [5.74, 6) is 0.515. The number of carbonyl (C=O) groups is 2. The number of thioether (sulfide) groups is 1. The van der Waals surface area contributed by atoms with Gasteiger partial charge in [-0.3, -0.25) is 9.59 Å². The number of amides is 2. The molecule has 2 saturated heterocycles.